The molecule has 2 unspecified atom stereocenters. The van der Waals surface area contributed by atoms with Crippen LogP contribution in [0.25, 0.3) is 43.4 Å². The number of halogens is 2. The van der Waals surface area contributed by atoms with E-state index >= 15 is 8.78 Å². The standard InChI is InChI=1S/C65H73F2N11O8S/c1-9-47-50(66)17-14-41-24-45(79)25-48(55(41)47)57-56(67)58-49(28-68-57)60(76-31-43-15-16-44(32-76)78(43)64(83)85-65(6,7)8)72-63(71-58)84-23-22-74-20-18-39(19-21-74)42-29-75(30-42)53-27-52(86-73-53)54(35(2)3)62(82)77-33-46(80)26-51(77)61(81)70-36(4)38-10-12-40(13-11-38)59-37(5)69-34-87-59/h1,10-14,17,24-25,27-28,34-36,39,42-44,46,51,54,79-80H,15-16,18-23,26,29-33H2,2-8H3,(H,70,81)/t36-,43?,44?,46+,51-,54+/m0/s1. The minimum Gasteiger partial charge on any atom is -0.508 e. The summed E-state index contributed by atoms with van der Waals surface area (Å²) in [6.07, 6.45) is 9.66. The molecule has 12 rings (SSSR count). The molecule has 87 heavy (non-hydrogen) atoms. The van der Waals surface area contributed by atoms with Crippen LogP contribution in [0.5, 0.6) is 11.8 Å². The summed E-state index contributed by atoms with van der Waals surface area (Å²) in [6, 6.07) is 13.7. The highest BCUT2D eigenvalue weighted by Gasteiger charge is 2.47. The number of piperidine rings is 1. The Morgan fingerprint density at radius 2 is 1.66 bits per heavy atom. The maximum atomic E-state index is 17.4. The van der Waals surface area contributed by atoms with Gasteiger partial charge in [0.05, 0.1) is 51.3 Å². The number of carbonyl (C=O) groups is 3. The molecule has 5 aliphatic rings. The number of rotatable bonds is 15. The van der Waals surface area contributed by atoms with E-state index in [2.05, 4.69) is 41.1 Å². The van der Waals surface area contributed by atoms with Gasteiger partial charge < -0.3 is 44.2 Å². The van der Waals surface area contributed by atoms with E-state index in [1.165, 1.54) is 35.4 Å². The van der Waals surface area contributed by atoms with Gasteiger partial charge in [-0.25, -0.2) is 18.6 Å². The number of β-amino-alcohol motifs (C(OH)–C–C–N with tert-alkyl or cyclic N) is 1. The maximum absolute atomic E-state index is 17.4. The van der Waals surface area contributed by atoms with Gasteiger partial charge in [-0.15, -0.1) is 17.8 Å². The van der Waals surface area contributed by atoms with Crippen molar-refractivity contribution in [1.82, 2.24) is 45.1 Å². The molecule has 456 valence electrons. The van der Waals surface area contributed by atoms with Gasteiger partial charge in [0.25, 0.3) is 0 Å². The van der Waals surface area contributed by atoms with Crippen molar-refractivity contribution in [3.8, 4) is 45.8 Å². The molecule has 0 spiro atoms. The molecule has 3 amide bonds. The fourth-order valence-electron chi connectivity index (χ4n) is 13.6. The molecule has 22 heteroatoms. The number of aliphatic hydroxyl groups is 1. The molecule has 3 aromatic carbocycles. The van der Waals surface area contributed by atoms with Crippen molar-refractivity contribution in [3.63, 3.8) is 0 Å². The average molecular weight is 1210 g/mol. The van der Waals surface area contributed by atoms with Crippen LogP contribution in [-0.4, -0.2) is 157 Å². The van der Waals surface area contributed by atoms with Gasteiger partial charge in [0.1, 0.15) is 52.8 Å². The molecule has 5 saturated heterocycles. The third-order valence-electron chi connectivity index (χ3n) is 18.0. The summed E-state index contributed by atoms with van der Waals surface area (Å²) in [5, 5.41) is 30.1. The number of benzene rings is 3. The number of phenolic OH excluding ortho intramolecular Hbond substituents is 1. The van der Waals surface area contributed by atoms with Crippen LogP contribution < -0.4 is 19.9 Å². The van der Waals surface area contributed by atoms with Crippen molar-refractivity contribution in [1.29, 1.82) is 0 Å². The van der Waals surface area contributed by atoms with Crippen molar-refractivity contribution >= 4 is 62.6 Å². The number of hydrogen-bond donors (Lipinski definition) is 3. The zero-order valence-corrected chi connectivity index (χ0v) is 50.8. The first kappa shape index (κ1) is 59.3. The first-order valence-electron chi connectivity index (χ1n) is 30.1. The molecule has 9 heterocycles. The Labute approximate surface area is 508 Å². The zero-order chi connectivity index (χ0) is 61.2. The van der Waals surface area contributed by atoms with Crippen LogP contribution in [0.4, 0.5) is 25.2 Å². The molecule has 0 aliphatic carbocycles. The number of ether oxygens (including phenoxy) is 2. The number of terminal acetylenes is 1. The Bertz CT molecular complexity index is 3780. The topological polar surface area (TPSA) is 216 Å². The van der Waals surface area contributed by atoms with Crippen molar-refractivity contribution in [2.45, 2.75) is 122 Å². The number of phenols is 1. The lowest BCUT2D eigenvalue weighted by Gasteiger charge is -2.46. The van der Waals surface area contributed by atoms with Crippen LogP contribution in [0, 0.1) is 48.7 Å². The van der Waals surface area contributed by atoms with Crippen molar-refractivity contribution < 1.29 is 47.4 Å². The van der Waals surface area contributed by atoms with Gasteiger partial charge in [0.2, 0.25) is 11.8 Å². The summed E-state index contributed by atoms with van der Waals surface area (Å²) >= 11 is 1.58. The molecule has 3 N–H and O–H groups in total. The normalized spacial score (nSPS) is 20.9. The summed E-state index contributed by atoms with van der Waals surface area (Å²) in [5.74, 6) is 1.63. The molecule has 0 radical (unpaired) electrons. The molecule has 7 aromatic rings. The zero-order valence-electron chi connectivity index (χ0n) is 50.0. The highest BCUT2D eigenvalue weighted by atomic mass is 32.1. The first-order valence-corrected chi connectivity index (χ1v) is 31.0. The molecule has 6 atom stereocenters. The summed E-state index contributed by atoms with van der Waals surface area (Å²) in [6.45, 7) is 18.2. The van der Waals surface area contributed by atoms with E-state index in [4.69, 9.17) is 25.4 Å². The lowest BCUT2D eigenvalue weighted by molar-refractivity contribution is -0.141. The number of piperazine rings is 1. The van der Waals surface area contributed by atoms with E-state index in [-0.39, 0.29) is 101 Å². The maximum Gasteiger partial charge on any atom is 0.410 e. The molecular formula is C65H73F2N11O8S. The van der Waals surface area contributed by atoms with Crippen LogP contribution in [0.3, 0.4) is 0 Å². The average Bonchev–Trinajstić information content (AvgIpc) is 2.31. The Hall–Kier alpha value is -8.00. The van der Waals surface area contributed by atoms with Gasteiger partial charge in [0.15, 0.2) is 17.4 Å². The molecule has 4 aromatic heterocycles. The molecule has 5 aliphatic heterocycles. The summed E-state index contributed by atoms with van der Waals surface area (Å²) in [5.41, 5.74) is 3.85. The monoisotopic (exact) mass is 1210 g/mol. The van der Waals surface area contributed by atoms with E-state index in [1.807, 2.05) is 94.1 Å². The number of hydrogen-bond acceptors (Lipinski definition) is 17. The largest absolute Gasteiger partial charge is 0.508 e. The molecule has 0 saturated carbocycles. The number of amides is 3. The van der Waals surface area contributed by atoms with Crippen LogP contribution in [0.1, 0.15) is 108 Å². The Kier molecular flexibility index (Phi) is 16.3. The fraction of sp³-hybridized carbons (Fsp3) is 0.477. The summed E-state index contributed by atoms with van der Waals surface area (Å²) in [4.78, 5) is 71.2. The number of aryl methyl sites for hydroxylation is 1. The summed E-state index contributed by atoms with van der Waals surface area (Å²) < 4.78 is 50.6. The van der Waals surface area contributed by atoms with Crippen molar-refractivity contribution in [3.05, 3.63) is 101 Å². The van der Waals surface area contributed by atoms with Gasteiger partial charge in [-0.2, -0.15) is 9.97 Å². The Balaban J connectivity index is 0.678. The molecule has 5 fully saturated rings. The third-order valence-corrected chi connectivity index (χ3v) is 19.0. The van der Waals surface area contributed by atoms with Gasteiger partial charge in [-0.05, 0) is 126 Å². The number of carbonyl (C=O) groups excluding carboxylic acids is 3. The highest BCUT2D eigenvalue weighted by molar-refractivity contribution is 7.13. The Morgan fingerprint density at radius 1 is 0.920 bits per heavy atom. The van der Waals surface area contributed by atoms with Crippen LogP contribution in [0.2, 0.25) is 0 Å². The van der Waals surface area contributed by atoms with Gasteiger partial charge in [-0.1, -0.05) is 55.3 Å². The predicted octanol–water partition coefficient (Wildman–Crippen LogP) is 9.62. The lowest BCUT2D eigenvalue weighted by Crippen LogP contribution is -2.57. The van der Waals surface area contributed by atoms with E-state index in [9.17, 15) is 24.6 Å². The van der Waals surface area contributed by atoms with E-state index in [0.29, 0.717) is 59.6 Å². The van der Waals surface area contributed by atoms with Crippen LogP contribution in [-0.2, 0) is 14.3 Å². The van der Waals surface area contributed by atoms with Gasteiger partial charge in [-0.3, -0.25) is 24.4 Å². The fourth-order valence-corrected chi connectivity index (χ4v) is 14.4. The predicted molar refractivity (Wildman–Crippen MR) is 326 cm³/mol. The number of thiazole rings is 1. The van der Waals surface area contributed by atoms with Crippen LogP contribution in [0.15, 0.2) is 70.8 Å². The van der Waals surface area contributed by atoms with E-state index in [1.54, 1.807) is 11.3 Å². The summed E-state index contributed by atoms with van der Waals surface area (Å²) in [7, 11) is 0. The van der Waals surface area contributed by atoms with Crippen molar-refractivity contribution in [2.75, 3.05) is 68.8 Å². The SMILES string of the molecule is C#Cc1c(F)ccc2cc(O)cc(-c3ncc4c(N5CC6CCC(C5)N6C(=O)OC(C)(C)C)nc(OCCN5CCC(C6CN(c7cc([C@H](C(=O)N8C[C@H](O)C[C@H]8C(=O)N[C@@H](C)c8ccc(-c9scnc9C)cc8)C(C)C)on7)C6)CC5)nc4c3F)c12. The van der Waals surface area contributed by atoms with E-state index in [0.717, 1.165) is 73.6 Å². The second-order valence-electron chi connectivity index (χ2n) is 25.4. The molecule has 19 nitrogen and oxygen atoms in total. The molecular weight excluding hydrogens is 1130 g/mol. The first-order chi connectivity index (χ1) is 41.7. The number of nitrogens with one attached hydrogen (secondary N) is 1. The quantitative estimate of drug-likeness (QED) is 0.0815. The number of aromatic hydroxyl groups is 1. The highest BCUT2D eigenvalue weighted by Crippen LogP contribution is 2.42. The van der Waals surface area contributed by atoms with Crippen LogP contribution >= 0.6 is 11.3 Å². The second kappa shape index (κ2) is 23.9. The van der Waals surface area contributed by atoms with Crippen molar-refractivity contribution in [2.24, 2.45) is 17.8 Å². The minimum atomic E-state index is -0.846. The number of likely N-dealkylation sites (tertiary alicyclic amines) is 2. The second-order valence-corrected chi connectivity index (χ2v) is 26.2. The van der Waals surface area contributed by atoms with Gasteiger partial charge in [0, 0.05) is 68.9 Å². The number of nitrogens with zero attached hydrogens (tertiary/aromatic N) is 10. The number of fused-ring (bicyclic) bond motifs is 4. The minimum absolute atomic E-state index is 0.0376. The van der Waals surface area contributed by atoms with E-state index < -0.39 is 35.3 Å². The number of anilines is 2. The number of aromatic nitrogens is 5. The lowest BCUT2D eigenvalue weighted by atomic mass is 9.79. The number of pyridine rings is 1. The number of aliphatic hydroxyl groups excluding tert-OH is 1. The smallest absolute Gasteiger partial charge is 0.410 e. The van der Waals surface area contributed by atoms with Gasteiger partial charge >= 0.3 is 12.1 Å². The Morgan fingerprint density at radius 3 is 2.33 bits per heavy atom. The molecule has 2 bridgehead atoms. The third kappa shape index (κ3) is 11.8.